The highest BCUT2D eigenvalue weighted by atomic mass is 35.5. The van der Waals surface area contributed by atoms with E-state index in [1.165, 1.54) is 12.1 Å². The van der Waals surface area contributed by atoms with Gasteiger partial charge in [0.05, 0.1) is 16.1 Å². The van der Waals surface area contributed by atoms with Gasteiger partial charge in [0.1, 0.15) is 12.4 Å². The molecular formula is C17H18ClFN2O3. The molecule has 2 aliphatic rings. The van der Waals surface area contributed by atoms with Gasteiger partial charge in [0.25, 0.3) is 0 Å². The van der Waals surface area contributed by atoms with E-state index in [0.717, 1.165) is 30.2 Å². The Bertz CT molecular complexity index is 701. The van der Waals surface area contributed by atoms with E-state index >= 15 is 0 Å². The van der Waals surface area contributed by atoms with Gasteiger partial charge >= 0.3 is 0 Å². The first kappa shape index (κ1) is 16.9. The first-order valence-electron chi connectivity index (χ1n) is 8.01. The fraction of sp³-hybridized carbons (Fsp3) is 0.471. The molecule has 1 N–H and O–H groups in total. The molecule has 0 aromatic heterocycles. The van der Waals surface area contributed by atoms with Gasteiger partial charge in [-0.25, -0.2) is 4.39 Å². The predicted molar refractivity (Wildman–Crippen MR) is 86.9 cm³/mol. The zero-order valence-corrected chi connectivity index (χ0v) is 13.9. The second kappa shape index (κ2) is 6.51. The summed E-state index contributed by atoms with van der Waals surface area (Å²) < 4.78 is 13.0. The van der Waals surface area contributed by atoms with Gasteiger partial charge in [-0.05, 0) is 31.0 Å². The van der Waals surface area contributed by atoms with Gasteiger partial charge in [-0.15, -0.1) is 0 Å². The molecule has 1 saturated carbocycles. The van der Waals surface area contributed by atoms with Crippen LogP contribution in [-0.2, 0) is 14.4 Å². The Balaban J connectivity index is 1.68. The van der Waals surface area contributed by atoms with Crippen LogP contribution in [0.15, 0.2) is 18.2 Å². The molecule has 1 spiro atoms. The Kier molecular flexibility index (Phi) is 4.58. The van der Waals surface area contributed by atoms with E-state index in [4.69, 9.17) is 11.6 Å². The first-order valence-corrected chi connectivity index (χ1v) is 8.39. The number of hydrogen-bond donors (Lipinski definition) is 1. The quantitative estimate of drug-likeness (QED) is 0.850. The molecule has 1 saturated heterocycles. The van der Waals surface area contributed by atoms with Crippen LogP contribution < -0.4 is 5.32 Å². The second-order valence-corrected chi connectivity index (χ2v) is 6.88. The topological polar surface area (TPSA) is 66.5 Å². The van der Waals surface area contributed by atoms with Crippen LogP contribution in [0.3, 0.4) is 0 Å². The molecule has 24 heavy (non-hydrogen) atoms. The molecule has 7 heteroatoms. The summed E-state index contributed by atoms with van der Waals surface area (Å²) in [4.78, 5) is 38.0. The Morgan fingerprint density at radius 2 is 1.96 bits per heavy atom. The highest BCUT2D eigenvalue weighted by Gasteiger charge is 2.51. The average Bonchev–Trinajstić information content (AvgIpc) is 2.75. The summed E-state index contributed by atoms with van der Waals surface area (Å²) in [6.07, 6.45) is 4.55. The van der Waals surface area contributed by atoms with Gasteiger partial charge in [0, 0.05) is 6.42 Å². The van der Waals surface area contributed by atoms with Crippen molar-refractivity contribution >= 4 is 35.0 Å². The van der Waals surface area contributed by atoms with Gasteiger partial charge in [-0.3, -0.25) is 19.3 Å². The summed E-state index contributed by atoms with van der Waals surface area (Å²) in [6, 6.07) is 3.59. The van der Waals surface area contributed by atoms with Crippen LogP contribution >= 0.6 is 11.6 Å². The minimum atomic E-state index is -0.608. The second-order valence-electron chi connectivity index (χ2n) is 6.48. The van der Waals surface area contributed by atoms with Crippen molar-refractivity contribution in [3.8, 4) is 0 Å². The van der Waals surface area contributed by atoms with Crippen molar-refractivity contribution < 1.29 is 18.8 Å². The normalized spacial score (nSPS) is 19.8. The number of rotatable bonds is 3. The van der Waals surface area contributed by atoms with Crippen LogP contribution in [0.25, 0.3) is 0 Å². The van der Waals surface area contributed by atoms with E-state index in [-0.39, 0.29) is 35.5 Å². The number of hydrogen-bond acceptors (Lipinski definition) is 3. The molecule has 2 fully saturated rings. The van der Waals surface area contributed by atoms with Gasteiger partial charge in [0.15, 0.2) is 0 Å². The lowest BCUT2D eigenvalue weighted by molar-refractivity contribution is -0.144. The minimum absolute atomic E-state index is 0.0613. The maximum Gasteiger partial charge on any atom is 0.244 e. The van der Waals surface area contributed by atoms with E-state index in [9.17, 15) is 18.8 Å². The number of carbonyl (C=O) groups excluding carboxylic acids is 3. The van der Waals surface area contributed by atoms with Crippen LogP contribution in [0.4, 0.5) is 10.1 Å². The number of likely N-dealkylation sites (tertiary alicyclic amines) is 1. The van der Waals surface area contributed by atoms with Crippen LogP contribution in [0.1, 0.15) is 38.5 Å². The monoisotopic (exact) mass is 352 g/mol. The van der Waals surface area contributed by atoms with E-state index < -0.39 is 17.1 Å². The Hall–Kier alpha value is -1.95. The number of benzene rings is 1. The lowest BCUT2D eigenvalue weighted by Gasteiger charge is -2.30. The predicted octanol–water partition coefficient (Wildman–Crippen LogP) is 3.13. The third-order valence-electron chi connectivity index (χ3n) is 4.81. The molecule has 5 nitrogen and oxygen atoms in total. The largest absolute Gasteiger partial charge is 0.323 e. The maximum absolute atomic E-state index is 13.0. The molecular weight excluding hydrogens is 335 g/mol. The Morgan fingerprint density at radius 3 is 2.62 bits per heavy atom. The summed E-state index contributed by atoms with van der Waals surface area (Å²) in [6.45, 7) is -0.340. The summed E-state index contributed by atoms with van der Waals surface area (Å²) in [5.74, 6) is -1.59. The van der Waals surface area contributed by atoms with Gasteiger partial charge in [-0.2, -0.15) is 0 Å². The van der Waals surface area contributed by atoms with Crippen LogP contribution in [-0.4, -0.2) is 29.2 Å². The lowest BCUT2D eigenvalue weighted by atomic mass is 9.73. The molecule has 1 heterocycles. The van der Waals surface area contributed by atoms with Crippen molar-refractivity contribution in [3.63, 3.8) is 0 Å². The molecule has 1 aromatic rings. The van der Waals surface area contributed by atoms with Crippen molar-refractivity contribution in [2.75, 3.05) is 11.9 Å². The number of carbonyl (C=O) groups is 3. The Morgan fingerprint density at radius 1 is 1.25 bits per heavy atom. The van der Waals surface area contributed by atoms with Gasteiger partial charge in [-0.1, -0.05) is 30.9 Å². The molecule has 1 aromatic carbocycles. The smallest absolute Gasteiger partial charge is 0.244 e. The van der Waals surface area contributed by atoms with Crippen molar-refractivity contribution in [1.82, 2.24) is 4.90 Å². The SMILES string of the molecule is O=C(CN1C(=O)CC2(CCCCC2)C1=O)Nc1ccc(F)cc1Cl. The zero-order valence-electron chi connectivity index (χ0n) is 13.1. The standard InChI is InChI=1S/C17H18ClFN2O3/c18-12-8-11(19)4-5-13(12)20-14(22)10-21-15(23)9-17(16(21)24)6-2-1-3-7-17/h4-5,8H,1-3,6-7,9-10H2,(H,20,22). The third-order valence-corrected chi connectivity index (χ3v) is 5.12. The van der Waals surface area contributed by atoms with Crippen LogP contribution in [0.5, 0.6) is 0 Å². The number of halogens is 2. The average molecular weight is 353 g/mol. The fourth-order valence-corrected chi connectivity index (χ4v) is 3.78. The summed E-state index contributed by atoms with van der Waals surface area (Å²) >= 11 is 5.86. The first-order chi connectivity index (χ1) is 11.4. The zero-order chi connectivity index (χ0) is 17.3. The molecule has 3 amide bonds. The minimum Gasteiger partial charge on any atom is -0.323 e. The molecule has 1 aliphatic heterocycles. The van der Waals surface area contributed by atoms with Gasteiger partial charge in [0.2, 0.25) is 17.7 Å². The molecule has 0 unspecified atom stereocenters. The summed E-state index contributed by atoms with van der Waals surface area (Å²) in [5.41, 5.74) is -0.363. The van der Waals surface area contributed by atoms with Crippen molar-refractivity contribution in [1.29, 1.82) is 0 Å². The van der Waals surface area contributed by atoms with Crippen LogP contribution in [0, 0.1) is 11.2 Å². The van der Waals surface area contributed by atoms with E-state index in [1.807, 2.05) is 0 Å². The van der Waals surface area contributed by atoms with Crippen molar-refractivity contribution in [3.05, 3.63) is 29.0 Å². The van der Waals surface area contributed by atoms with Crippen LogP contribution in [0.2, 0.25) is 5.02 Å². The number of nitrogens with one attached hydrogen (secondary N) is 1. The number of amides is 3. The number of imide groups is 1. The Labute approximate surface area is 144 Å². The molecule has 128 valence electrons. The molecule has 3 rings (SSSR count). The fourth-order valence-electron chi connectivity index (χ4n) is 3.56. The van der Waals surface area contributed by atoms with E-state index in [0.29, 0.717) is 12.8 Å². The van der Waals surface area contributed by atoms with Crippen molar-refractivity contribution in [2.24, 2.45) is 5.41 Å². The van der Waals surface area contributed by atoms with Gasteiger partial charge < -0.3 is 5.32 Å². The highest BCUT2D eigenvalue weighted by Crippen LogP contribution is 2.45. The molecule has 0 atom stereocenters. The van der Waals surface area contributed by atoms with E-state index in [2.05, 4.69) is 5.32 Å². The maximum atomic E-state index is 13.0. The molecule has 1 aliphatic carbocycles. The third kappa shape index (κ3) is 3.15. The molecule has 0 bridgehead atoms. The summed E-state index contributed by atoms with van der Waals surface area (Å²) in [7, 11) is 0. The lowest BCUT2D eigenvalue weighted by Crippen LogP contribution is -2.41. The number of nitrogens with zero attached hydrogens (tertiary/aromatic N) is 1. The van der Waals surface area contributed by atoms with E-state index in [1.54, 1.807) is 0 Å². The van der Waals surface area contributed by atoms with Crippen molar-refractivity contribution in [2.45, 2.75) is 38.5 Å². The highest BCUT2D eigenvalue weighted by molar-refractivity contribution is 6.33. The summed E-state index contributed by atoms with van der Waals surface area (Å²) in [5, 5.41) is 2.57. The molecule has 0 radical (unpaired) electrons. The number of anilines is 1.